The Morgan fingerprint density at radius 1 is 1.00 bits per heavy atom. The van der Waals surface area contributed by atoms with Crippen LogP contribution in [0.15, 0.2) is 78.9 Å². The third-order valence-electron chi connectivity index (χ3n) is 5.84. The first-order chi connectivity index (χ1) is 15.7. The van der Waals surface area contributed by atoms with Crippen LogP contribution in [-0.2, 0) is 4.79 Å². The maximum absolute atomic E-state index is 12.9. The lowest BCUT2D eigenvalue weighted by molar-refractivity contribution is -0.116. The number of carbonyl (C=O) groups is 1. The minimum atomic E-state index is -0.157. The summed E-state index contributed by atoms with van der Waals surface area (Å²) in [6.45, 7) is 4.60. The third-order valence-corrected chi connectivity index (χ3v) is 5.84. The number of hydrogen-bond donors (Lipinski definition) is 1. The second-order valence-corrected chi connectivity index (χ2v) is 8.00. The molecule has 1 amide bonds. The first-order valence-electron chi connectivity index (χ1n) is 10.9. The highest BCUT2D eigenvalue weighted by molar-refractivity contribution is 5.96. The lowest BCUT2D eigenvalue weighted by Gasteiger charge is -2.26. The molecule has 1 aliphatic rings. The summed E-state index contributed by atoms with van der Waals surface area (Å²) in [5.74, 6) is 1.35. The molecule has 2 heterocycles. The molecule has 1 N–H and O–H groups in total. The lowest BCUT2D eigenvalue weighted by atomic mass is 9.84. The molecule has 0 spiro atoms. The summed E-state index contributed by atoms with van der Waals surface area (Å²) < 4.78 is 7.78. The van der Waals surface area contributed by atoms with Gasteiger partial charge in [0.15, 0.2) is 0 Å². The molecular weight excluding hydrogens is 398 g/mol. The minimum absolute atomic E-state index is 0.0262. The van der Waals surface area contributed by atoms with Gasteiger partial charge in [-0.25, -0.2) is 4.68 Å². The summed E-state index contributed by atoms with van der Waals surface area (Å²) in [6, 6.07) is 26.3. The van der Waals surface area contributed by atoms with E-state index in [0.717, 1.165) is 39.6 Å². The average molecular weight is 424 g/mol. The van der Waals surface area contributed by atoms with E-state index in [4.69, 9.17) is 9.84 Å². The molecule has 32 heavy (non-hydrogen) atoms. The normalized spacial score (nSPS) is 15.2. The van der Waals surface area contributed by atoms with Crippen molar-refractivity contribution in [1.82, 2.24) is 9.78 Å². The van der Waals surface area contributed by atoms with Crippen molar-refractivity contribution in [2.45, 2.75) is 26.2 Å². The van der Waals surface area contributed by atoms with E-state index < -0.39 is 0 Å². The van der Waals surface area contributed by atoms with Gasteiger partial charge in [0, 0.05) is 29.0 Å². The van der Waals surface area contributed by atoms with E-state index in [1.165, 1.54) is 5.56 Å². The summed E-state index contributed by atoms with van der Waals surface area (Å²) in [5, 5.41) is 8.11. The number of ether oxygens (including phenoxy) is 1. The number of amides is 1. The van der Waals surface area contributed by atoms with Crippen molar-refractivity contribution in [3.63, 3.8) is 0 Å². The Balaban J connectivity index is 1.76. The van der Waals surface area contributed by atoms with Crippen LogP contribution >= 0.6 is 0 Å². The number of rotatable bonds is 5. The quantitative estimate of drug-likeness (QED) is 0.447. The summed E-state index contributed by atoms with van der Waals surface area (Å²) in [7, 11) is 0. The van der Waals surface area contributed by atoms with Crippen molar-refractivity contribution in [3.8, 4) is 22.7 Å². The highest BCUT2D eigenvalue weighted by atomic mass is 16.5. The fraction of sp³-hybridized carbons (Fsp3) is 0.185. The maximum Gasteiger partial charge on any atom is 0.226 e. The predicted octanol–water partition coefficient (Wildman–Crippen LogP) is 5.72. The maximum atomic E-state index is 12.9. The molecule has 160 valence electrons. The number of aryl methyl sites for hydroxylation is 1. The van der Waals surface area contributed by atoms with E-state index in [1.807, 2.05) is 60.1 Å². The van der Waals surface area contributed by atoms with Gasteiger partial charge in [0.05, 0.1) is 18.0 Å². The second-order valence-electron chi connectivity index (χ2n) is 8.00. The van der Waals surface area contributed by atoms with E-state index in [9.17, 15) is 4.79 Å². The number of fused-ring (bicyclic) bond motifs is 1. The molecule has 0 saturated carbocycles. The summed E-state index contributed by atoms with van der Waals surface area (Å²) in [6.07, 6.45) is 0.344. The summed E-state index contributed by atoms with van der Waals surface area (Å²) >= 11 is 0. The first-order valence-corrected chi connectivity index (χ1v) is 10.9. The molecule has 4 aromatic rings. The topological polar surface area (TPSA) is 56.1 Å². The van der Waals surface area contributed by atoms with Crippen molar-refractivity contribution in [2.75, 3.05) is 11.9 Å². The molecule has 0 radical (unpaired) electrons. The SMILES string of the molecule is CCOc1ccccc1[C@@H]1CC(=O)Nc2c1c(-c1ccccc1)nn2-c1ccc(C)cc1. The Kier molecular flexibility index (Phi) is 5.23. The zero-order chi connectivity index (χ0) is 22.1. The van der Waals surface area contributed by atoms with Crippen LogP contribution in [0.4, 0.5) is 5.82 Å². The molecule has 1 aromatic heterocycles. The fourth-order valence-corrected chi connectivity index (χ4v) is 4.35. The number of aromatic nitrogens is 2. The van der Waals surface area contributed by atoms with Gasteiger partial charge in [0.1, 0.15) is 11.6 Å². The number of anilines is 1. The fourth-order valence-electron chi connectivity index (χ4n) is 4.35. The van der Waals surface area contributed by atoms with Gasteiger partial charge in [-0.05, 0) is 32.0 Å². The zero-order valence-electron chi connectivity index (χ0n) is 18.2. The van der Waals surface area contributed by atoms with Crippen molar-refractivity contribution in [1.29, 1.82) is 0 Å². The largest absolute Gasteiger partial charge is 0.494 e. The van der Waals surface area contributed by atoms with Crippen LogP contribution in [0.25, 0.3) is 16.9 Å². The van der Waals surface area contributed by atoms with E-state index in [2.05, 4.69) is 42.6 Å². The van der Waals surface area contributed by atoms with Crippen LogP contribution < -0.4 is 10.1 Å². The number of nitrogens with zero attached hydrogens (tertiary/aromatic N) is 2. The van der Waals surface area contributed by atoms with Gasteiger partial charge < -0.3 is 10.1 Å². The van der Waals surface area contributed by atoms with Crippen LogP contribution in [0.3, 0.4) is 0 Å². The van der Waals surface area contributed by atoms with Crippen LogP contribution in [0.5, 0.6) is 5.75 Å². The Bertz CT molecular complexity index is 1260. The molecule has 0 saturated heterocycles. The van der Waals surface area contributed by atoms with Gasteiger partial charge in [-0.1, -0.05) is 66.2 Å². The number of nitrogens with one attached hydrogen (secondary N) is 1. The summed E-state index contributed by atoms with van der Waals surface area (Å²) in [5.41, 5.74) is 6.00. The van der Waals surface area contributed by atoms with Gasteiger partial charge in [0.25, 0.3) is 0 Å². The molecule has 0 aliphatic carbocycles. The molecule has 5 nitrogen and oxygen atoms in total. The van der Waals surface area contributed by atoms with Crippen LogP contribution in [-0.4, -0.2) is 22.3 Å². The minimum Gasteiger partial charge on any atom is -0.494 e. The molecule has 5 rings (SSSR count). The smallest absolute Gasteiger partial charge is 0.226 e. The van der Waals surface area contributed by atoms with Crippen molar-refractivity contribution in [2.24, 2.45) is 0 Å². The van der Waals surface area contributed by atoms with Crippen molar-refractivity contribution in [3.05, 3.63) is 95.6 Å². The number of benzene rings is 3. The van der Waals surface area contributed by atoms with E-state index in [0.29, 0.717) is 13.0 Å². The number of carbonyl (C=O) groups excluding carboxylic acids is 1. The van der Waals surface area contributed by atoms with Crippen LogP contribution in [0, 0.1) is 6.92 Å². The van der Waals surface area contributed by atoms with Gasteiger partial charge in [-0.3, -0.25) is 4.79 Å². The second kappa shape index (κ2) is 8.35. The van der Waals surface area contributed by atoms with E-state index in [-0.39, 0.29) is 11.8 Å². The molecule has 0 bridgehead atoms. The van der Waals surface area contributed by atoms with Gasteiger partial charge in [-0.15, -0.1) is 0 Å². The van der Waals surface area contributed by atoms with Gasteiger partial charge in [0.2, 0.25) is 5.91 Å². The Hall–Kier alpha value is -3.86. The molecule has 0 fully saturated rings. The molecule has 1 atom stereocenters. The van der Waals surface area contributed by atoms with Gasteiger partial charge >= 0.3 is 0 Å². The molecular formula is C27H25N3O2. The molecule has 1 aliphatic heterocycles. The zero-order valence-corrected chi connectivity index (χ0v) is 18.2. The van der Waals surface area contributed by atoms with E-state index >= 15 is 0 Å². The van der Waals surface area contributed by atoms with Crippen molar-refractivity contribution < 1.29 is 9.53 Å². The first kappa shape index (κ1) is 20.1. The van der Waals surface area contributed by atoms with Crippen molar-refractivity contribution >= 4 is 11.7 Å². The molecule has 0 unspecified atom stereocenters. The molecule has 5 heteroatoms. The number of hydrogen-bond acceptors (Lipinski definition) is 3. The highest BCUT2D eigenvalue weighted by Crippen LogP contribution is 2.46. The molecule has 3 aromatic carbocycles. The Morgan fingerprint density at radius 3 is 2.47 bits per heavy atom. The average Bonchev–Trinajstić information content (AvgIpc) is 3.20. The van der Waals surface area contributed by atoms with E-state index in [1.54, 1.807) is 0 Å². The standard InChI is InChI=1S/C27H25N3O2/c1-3-32-23-12-8-7-11-21(23)22-17-24(31)28-27-25(22)26(19-9-5-4-6-10-19)29-30(27)20-15-13-18(2)14-16-20/h4-16,22H,3,17H2,1-2H3,(H,28,31)/t22-/m0/s1. The predicted molar refractivity (Wildman–Crippen MR) is 126 cm³/mol. The van der Waals surface area contributed by atoms with Crippen LogP contribution in [0.1, 0.15) is 36.0 Å². The lowest BCUT2D eigenvalue weighted by Crippen LogP contribution is -2.25. The third kappa shape index (κ3) is 3.56. The monoisotopic (exact) mass is 423 g/mol. The number of para-hydroxylation sites is 1. The van der Waals surface area contributed by atoms with Crippen LogP contribution in [0.2, 0.25) is 0 Å². The summed E-state index contributed by atoms with van der Waals surface area (Å²) in [4.78, 5) is 12.9. The van der Waals surface area contributed by atoms with Gasteiger partial charge in [-0.2, -0.15) is 5.10 Å². The Labute approximate surface area is 187 Å². The highest BCUT2D eigenvalue weighted by Gasteiger charge is 2.35. The Morgan fingerprint density at radius 2 is 1.72 bits per heavy atom.